The van der Waals surface area contributed by atoms with Crippen LogP contribution in [-0.4, -0.2) is 11.4 Å². The molecule has 1 saturated heterocycles. The normalized spacial score (nSPS) is 21.1. The highest BCUT2D eigenvalue weighted by molar-refractivity contribution is 5.78. The third-order valence-corrected chi connectivity index (χ3v) is 5.98. The maximum Gasteiger partial charge on any atom is 0.150 e. The first-order valence-corrected chi connectivity index (χ1v) is 10.6. The molecule has 1 aliphatic heterocycles. The number of nitrogens with one attached hydrogen (secondary N) is 3. The first-order chi connectivity index (χ1) is 14.9. The van der Waals surface area contributed by atoms with Crippen molar-refractivity contribution in [2.45, 2.75) is 46.2 Å². The summed E-state index contributed by atoms with van der Waals surface area (Å²) in [4.78, 5) is 11.7. The lowest BCUT2D eigenvalue weighted by atomic mass is 9.97. The van der Waals surface area contributed by atoms with Gasteiger partial charge in [-0.05, 0) is 67.6 Å². The fraction of sp³-hybridized carbons (Fsp3) is 0.269. The minimum atomic E-state index is -0.279. The van der Waals surface area contributed by atoms with Crippen molar-refractivity contribution in [3.05, 3.63) is 99.1 Å². The summed E-state index contributed by atoms with van der Waals surface area (Å²) in [6.07, 6.45) is 0.272. The highest BCUT2D eigenvalue weighted by Gasteiger charge is 2.32. The van der Waals surface area contributed by atoms with Crippen LogP contribution in [0.2, 0.25) is 0 Å². The first-order valence-electron chi connectivity index (χ1n) is 10.6. The summed E-state index contributed by atoms with van der Waals surface area (Å²) in [5.41, 5.74) is 8.44. The van der Waals surface area contributed by atoms with E-state index in [9.17, 15) is 9.90 Å². The SMILES string of the molecule is Cc1ccc(C2NC(c3ccc(C)cc3C)NC(c3ccc(O)cc3C=O)N2)c(C)c1. The lowest BCUT2D eigenvalue weighted by Gasteiger charge is -2.41. The van der Waals surface area contributed by atoms with Crippen LogP contribution < -0.4 is 16.0 Å². The van der Waals surface area contributed by atoms with Gasteiger partial charge in [-0.15, -0.1) is 0 Å². The van der Waals surface area contributed by atoms with Gasteiger partial charge in [-0.2, -0.15) is 0 Å². The number of carbonyl (C=O) groups excluding carboxylic acids is 1. The molecule has 0 bridgehead atoms. The number of aldehydes is 1. The predicted octanol–water partition coefficient (Wildman–Crippen LogP) is 4.62. The van der Waals surface area contributed by atoms with Crippen LogP contribution in [0.4, 0.5) is 0 Å². The molecule has 0 spiro atoms. The number of aromatic hydroxyl groups is 1. The molecule has 0 aliphatic carbocycles. The van der Waals surface area contributed by atoms with Crippen molar-refractivity contribution in [1.82, 2.24) is 16.0 Å². The van der Waals surface area contributed by atoms with E-state index < -0.39 is 0 Å². The Kier molecular flexibility index (Phi) is 5.92. The van der Waals surface area contributed by atoms with E-state index in [1.54, 1.807) is 12.1 Å². The van der Waals surface area contributed by atoms with Crippen LogP contribution in [0.5, 0.6) is 5.75 Å². The fourth-order valence-corrected chi connectivity index (χ4v) is 4.41. The van der Waals surface area contributed by atoms with Gasteiger partial charge in [0.1, 0.15) is 5.75 Å². The summed E-state index contributed by atoms with van der Waals surface area (Å²) in [5.74, 6) is 0.0802. The number of rotatable bonds is 4. The highest BCUT2D eigenvalue weighted by Crippen LogP contribution is 2.31. The van der Waals surface area contributed by atoms with Crippen molar-refractivity contribution >= 4 is 6.29 Å². The average Bonchev–Trinajstić information content (AvgIpc) is 2.73. The predicted molar refractivity (Wildman–Crippen MR) is 123 cm³/mol. The molecule has 4 rings (SSSR count). The summed E-state index contributed by atoms with van der Waals surface area (Å²) in [5, 5.41) is 20.8. The minimum absolute atomic E-state index is 0.0802. The van der Waals surface area contributed by atoms with Crippen LogP contribution in [-0.2, 0) is 0 Å². The third kappa shape index (κ3) is 4.39. The Morgan fingerprint density at radius 3 is 1.58 bits per heavy atom. The van der Waals surface area contributed by atoms with Gasteiger partial charge < -0.3 is 5.11 Å². The Morgan fingerprint density at radius 1 is 0.677 bits per heavy atom. The van der Waals surface area contributed by atoms with E-state index in [1.807, 2.05) is 0 Å². The second-order valence-electron chi connectivity index (χ2n) is 8.45. The quantitative estimate of drug-likeness (QED) is 0.468. The fourth-order valence-electron chi connectivity index (χ4n) is 4.41. The number of carbonyl (C=O) groups is 1. The topological polar surface area (TPSA) is 73.4 Å². The van der Waals surface area contributed by atoms with E-state index in [4.69, 9.17) is 0 Å². The summed E-state index contributed by atoms with van der Waals surface area (Å²) in [6, 6.07) is 17.8. The van der Waals surface area contributed by atoms with Gasteiger partial charge in [0, 0.05) is 5.56 Å². The smallest absolute Gasteiger partial charge is 0.150 e. The van der Waals surface area contributed by atoms with Gasteiger partial charge in [0.2, 0.25) is 0 Å². The molecule has 160 valence electrons. The molecule has 0 amide bonds. The summed E-state index contributed by atoms with van der Waals surface area (Å²) < 4.78 is 0. The standard InChI is InChI=1S/C26H29N3O2/c1-15-5-8-21(17(3)11-15)24-27-25(22-9-6-16(2)12-18(22)4)29-26(28-24)23-10-7-20(31)13-19(23)14-30/h5-14,24-29,31H,1-4H3. The Balaban J connectivity index is 1.77. The van der Waals surface area contributed by atoms with Crippen LogP contribution in [0.15, 0.2) is 54.6 Å². The van der Waals surface area contributed by atoms with Crippen molar-refractivity contribution in [2.24, 2.45) is 0 Å². The van der Waals surface area contributed by atoms with E-state index in [0.29, 0.717) is 5.56 Å². The van der Waals surface area contributed by atoms with Gasteiger partial charge in [0.15, 0.2) is 6.29 Å². The molecule has 1 heterocycles. The van der Waals surface area contributed by atoms with Crippen LogP contribution in [0.1, 0.15) is 67.8 Å². The highest BCUT2D eigenvalue weighted by atomic mass is 16.3. The van der Waals surface area contributed by atoms with Gasteiger partial charge in [-0.1, -0.05) is 53.6 Å². The second-order valence-corrected chi connectivity index (χ2v) is 8.45. The summed E-state index contributed by atoms with van der Waals surface area (Å²) in [7, 11) is 0. The van der Waals surface area contributed by atoms with Gasteiger partial charge in [-0.3, -0.25) is 20.7 Å². The summed E-state index contributed by atoms with van der Waals surface area (Å²) >= 11 is 0. The summed E-state index contributed by atoms with van der Waals surface area (Å²) in [6.45, 7) is 8.42. The van der Waals surface area contributed by atoms with Crippen LogP contribution >= 0.6 is 0 Å². The number of hydrogen-bond donors (Lipinski definition) is 4. The molecule has 3 aromatic rings. The van der Waals surface area contributed by atoms with Crippen molar-refractivity contribution in [2.75, 3.05) is 0 Å². The lowest BCUT2D eigenvalue weighted by molar-refractivity contribution is 0.111. The maximum absolute atomic E-state index is 11.7. The molecule has 2 atom stereocenters. The molecule has 4 N–H and O–H groups in total. The molecule has 1 aliphatic rings. The Morgan fingerprint density at radius 2 is 1.13 bits per heavy atom. The van der Waals surface area contributed by atoms with E-state index in [2.05, 4.69) is 80.0 Å². The molecule has 1 fully saturated rings. The van der Waals surface area contributed by atoms with Crippen molar-refractivity contribution in [1.29, 1.82) is 0 Å². The molecular formula is C26H29N3O2. The Labute approximate surface area is 183 Å². The zero-order chi connectivity index (χ0) is 22.1. The van der Waals surface area contributed by atoms with Crippen molar-refractivity contribution in [3.63, 3.8) is 0 Å². The molecule has 0 radical (unpaired) electrons. The van der Waals surface area contributed by atoms with Gasteiger partial charge in [-0.25, -0.2) is 0 Å². The van der Waals surface area contributed by atoms with Crippen molar-refractivity contribution < 1.29 is 9.90 Å². The number of benzene rings is 3. The van der Waals surface area contributed by atoms with E-state index in [1.165, 1.54) is 39.4 Å². The van der Waals surface area contributed by atoms with E-state index in [-0.39, 0.29) is 24.2 Å². The number of hydrogen-bond acceptors (Lipinski definition) is 5. The Hall–Kier alpha value is -2.99. The second kappa shape index (κ2) is 8.63. The zero-order valence-electron chi connectivity index (χ0n) is 18.4. The average molecular weight is 416 g/mol. The molecule has 2 unspecified atom stereocenters. The first kappa shape index (κ1) is 21.2. The molecule has 5 nitrogen and oxygen atoms in total. The lowest BCUT2D eigenvalue weighted by Crippen LogP contribution is -2.54. The number of phenolic OH excluding ortho intramolecular Hbond substituents is 1. The molecule has 5 heteroatoms. The largest absolute Gasteiger partial charge is 0.508 e. The van der Waals surface area contributed by atoms with Gasteiger partial charge >= 0.3 is 0 Å². The monoisotopic (exact) mass is 415 g/mol. The molecule has 0 aromatic heterocycles. The zero-order valence-corrected chi connectivity index (χ0v) is 18.4. The van der Waals surface area contributed by atoms with E-state index >= 15 is 0 Å². The minimum Gasteiger partial charge on any atom is -0.508 e. The van der Waals surface area contributed by atoms with E-state index in [0.717, 1.165) is 11.8 Å². The van der Waals surface area contributed by atoms with Crippen LogP contribution in [0, 0.1) is 27.7 Å². The molecule has 0 saturated carbocycles. The van der Waals surface area contributed by atoms with Crippen molar-refractivity contribution in [3.8, 4) is 5.75 Å². The van der Waals surface area contributed by atoms with Crippen LogP contribution in [0.25, 0.3) is 0 Å². The molecule has 31 heavy (non-hydrogen) atoms. The molecule has 3 aromatic carbocycles. The van der Waals surface area contributed by atoms with Gasteiger partial charge in [0.25, 0.3) is 0 Å². The van der Waals surface area contributed by atoms with Gasteiger partial charge in [0.05, 0.1) is 18.5 Å². The third-order valence-electron chi connectivity index (χ3n) is 5.98. The molecular weight excluding hydrogens is 386 g/mol. The number of phenols is 1. The maximum atomic E-state index is 11.7. The Bertz CT molecular complexity index is 1070. The van der Waals surface area contributed by atoms with Crippen LogP contribution in [0.3, 0.4) is 0 Å². The number of aryl methyl sites for hydroxylation is 4.